The maximum Gasteiger partial charge on any atom is 0.252 e. The quantitative estimate of drug-likeness (QED) is 0.781. The molecule has 1 unspecified atom stereocenters. The average Bonchev–Trinajstić information content (AvgIpc) is 2.50. The van der Waals surface area contributed by atoms with Gasteiger partial charge in [0, 0.05) is 0 Å². The minimum atomic E-state index is -1.39. The Bertz CT molecular complexity index is 352. The van der Waals surface area contributed by atoms with Gasteiger partial charge in [0.25, 0.3) is 5.91 Å². The fourth-order valence-corrected chi connectivity index (χ4v) is 1.01. The summed E-state index contributed by atoms with van der Waals surface area (Å²) < 4.78 is 5.25. The Balaban J connectivity index is 2.64. The zero-order valence-corrected chi connectivity index (χ0v) is 9.37. The number of rotatable bonds is 3. The zero-order chi connectivity index (χ0) is 11.6. The van der Waals surface area contributed by atoms with E-state index in [1.54, 1.807) is 20.0 Å². The molecule has 0 aliphatic heterocycles. The molecule has 0 radical (unpaired) electrons. The molecule has 0 spiro atoms. The van der Waals surface area contributed by atoms with Crippen molar-refractivity contribution in [2.75, 3.05) is 0 Å². The van der Waals surface area contributed by atoms with E-state index in [1.165, 1.54) is 13.8 Å². The van der Waals surface area contributed by atoms with Crippen LogP contribution in [0.4, 0.5) is 0 Å². The van der Waals surface area contributed by atoms with Crippen LogP contribution in [0.15, 0.2) is 10.6 Å². The van der Waals surface area contributed by atoms with E-state index >= 15 is 0 Å². The van der Waals surface area contributed by atoms with Gasteiger partial charge in [0.1, 0.15) is 17.4 Å². The first-order valence-electron chi connectivity index (χ1n) is 4.76. The van der Waals surface area contributed by atoms with Crippen molar-refractivity contribution in [1.29, 1.82) is 0 Å². The van der Waals surface area contributed by atoms with Crippen LogP contribution < -0.4 is 5.32 Å². The van der Waals surface area contributed by atoms with Gasteiger partial charge in [-0.05, 0) is 27.7 Å². The van der Waals surface area contributed by atoms with Gasteiger partial charge in [-0.15, -0.1) is 0 Å². The first kappa shape index (κ1) is 11.7. The van der Waals surface area contributed by atoms with Crippen molar-refractivity contribution in [2.24, 2.45) is 0 Å². The SMILES string of the molecule is Cc1cnc(C(C)NC(=O)C(C)(C)O)o1. The first-order chi connectivity index (χ1) is 6.80. The Labute approximate surface area is 88.5 Å². The number of amides is 1. The lowest BCUT2D eigenvalue weighted by molar-refractivity contribution is -0.137. The minimum absolute atomic E-state index is 0.349. The van der Waals surface area contributed by atoms with Crippen molar-refractivity contribution >= 4 is 5.91 Å². The Kier molecular flexibility index (Phi) is 3.14. The summed E-state index contributed by atoms with van der Waals surface area (Å²) in [5.74, 6) is 0.672. The lowest BCUT2D eigenvalue weighted by Crippen LogP contribution is -2.43. The van der Waals surface area contributed by atoms with Crippen LogP contribution in [0, 0.1) is 6.92 Å². The summed E-state index contributed by atoms with van der Waals surface area (Å²) in [6, 6.07) is -0.349. The second kappa shape index (κ2) is 4.02. The molecular formula is C10H16N2O3. The third-order valence-corrected chi connectivity index (χ3v) is 1.91. The van der Waals surface area contributed by atoms with Gasteiger partial charge in [-0.25, -0.2) is 4.98 Å². The minimum Gasteiger partial charge on any atom is -0.444 e. The van der Waals surface area contributed by atoms with Crippen LogP contribution >= 0.6 is 0 Å². The molecule has 1 heterocycles. The molecule has 1 rings (SSSR count). The van der Waals surface area contributed by atoms with Crippen LogP contribution in [0.3, 0.4) is 0 Å². The normalized spacial score (nSPS) is 13.7. The second-order valence-electron chi connectivity index (χ2n) is 4.06. The predicted octanol–water partition coefficient (Wildman–Crippen LogP) is 0.931. The highest BCUT2D eigenvalue weighted by molar-refractivity contribution is 5.84. The summed E-state index contributed by atoms with van der Waals surface area (Å²) in [7, 11) is 0. The monoisotopic (exact) mass is 212 g/mol. The molecule has 15 heavy (non-hydrogen) atoms. The maximum atomic E-state index is 11.4. The van der Waals surface area contributed by atoms with Crippen molar-refractivity contribution in [3.05, 3.63) is 17.8 Å². The number of hydrogen-bond acceptors (Lipinski definition) is 4. The molecule has 5 nitrogen and oxygen atoms in total. The molecule has 1 atom stereocenters. The molecule has 0 saturated carbocycles. The summed E-state index contributed by atoms with van der Waals surface area (Å²) in [6.07, 6.45) is 1.59. The van der Waals surface area contributed by atoms with E-state index in [-0.39, 0.29) is 6.04 Å². The summed E-state index contributed by atoms with van der Waals surface area (Å²) in [5, 5.41) is 12.0. The summed E-state index contributed by atoms with van der Waals surface area (Å²) in [6.45, 7) is 6.38. The number of oxazole rings is 1. The molecule has 5 heteroatoms. The topological polar surface area (TPSA) is 75.4 Å². The van der Waals surface area contributed by atoms with E-state index in [9.17, 15) is 9.90 Å². The van der Waals surface area contributed by atoms with Crippen molar-refractivity contribution in [3.63, 3.8) is 0 Å². The second-order valence-corrected chi connectivity index (χ2v) is 4.06. The molecule has 0 bridgehead atoms. The van der Waals surface area contributed by atoms with E-state index in [0.717, 1.165) is 0 Å². The number of carbonyl (C=O) groups is 1. The van der Waals surface area contributed by atoms with Gasteiger partial charge < -0.3 is 14.8 Å². The van der Waals surface area contributed by atoms with Crippen LogP contribution in [0.25, 0.3) is 0 Å². The highest BCUT2D eigenvalue weighted by Crippen LogP contribution is 2.13. The highest BCUT2D eigenvalue weighted by atomic mass is 16.4. The Morgan fingerprint density at radius 3 is 2.67 bits per heavy atom. The Hall–Kier alpha value is -1.36. The maximum absolute atomic E-state index is 11.4. The van der Waals surface area contributed by atoms with Crippen molar-refractivity contribution < 1.29 is 14.3 Å². The number of hydrogen-bond donors (Lipinski definition) is 2. The van der Waals surface area contributed by atoms with Crippen molar-refractivity contribution in [1.82, 2.24) is 10.3 Å². The van der Waals surface area contributed by atoms with E-state index < -0.39 is 11.5 Å². The van der Waals surface area contributed by atoms with Gasteiger partial charge in [0.2, 0.25) is 5.89 Å². The standard InChI is InChI=1S/C10H16N2O3/c1-6-5-11-8(15-6)7(2)12-9(13)10(3,4)14/h5,7,14H,1-4H3,(H,12,13). The predicted molar refractivity (Wildman–Crippen MR) is 54.1 cm³/mol. The third-order valence-electron chi connectivity index (χ3n) is 1.91. The molecular weight excluding hydrogens is 196 g/mol. The fourth-order valence-electron chi connectivity index (χ4n) is 1.01. The van der Waals surface area contributed by atoms with Crippen LogP contribution in [0.5, 0.6) is 0 Å². The molecule has 0 fully saturated rings. The largest absolute Gasteiger partial charge is 0.444 e. The molecule has 0 aliphatic rings. The lowest BCUT2D eigenvalue weighted by Gasteiger charge is -2.19. The van der Waals surface area contributed by atoms with Crippen LogP contribution in [0.2, 0.25) is 0 Å². The third kappa shape index (κ3) is 3.06. The van der Waals surface area contributed by atoms with Gasteiger partial charge in [-0.2, -0.15) is 0 Å². The number of nitrogens with one attached hydrogen (secondary N) is 1. The molecule has 1 aromatic rings. The molecule has 0 aromatic carbocycles. The number of aryl methyl sites for hydroxylation is 1. The zero-order valence-electron chi connectivity index (χ0n) is 9.37. The Morgan fingerprint density at radius 2 is 2.27 bits per heavy atom. The van der Waals surface area contributed by atoms with Gasteiger partial charge in [-0.1, -0.05) is 0 Å². The van der Waals surface area contributed by atoms with Crippen LogP contribution in [-0.4, -0.2) is 21.6 Å². The molecule has 0 saturated heterocycles. The first-order valence-corrected chi connectivity index (χ1v) is 4.76. The van der Waals surface area contributed by atoms with Gasteiger partial charge >= 0.3 is 0 Å². The van der Waals surface area contributed by atoms with E-state index in [0.29, 0.717) is 11.7 Å². The van der Waals surface area contributed by atoms with E-state index in [4.69, 9.17) is 4.42 Å². The number of aliphatic hydroxyl groups is 1. The van der Waals surface area contributed by atoms with Gasteiger partial charge in [0.15, 0.2) is 0 Å². The number of aromatic nitrogens is 1. The smallest absolute Gasteiger partial charge is 0.252 e. The van der Waals surface area contributed by atoms with Crippen LogP contribution in [-0.2, 0) is 4.79 Å². The Morgan fingerprint density at radius 1 is 1.67 bits per heavy atom. The summed E-state index contributed by atoms with van der Waals surface area (Å²) >= 11 is 0. The average molecular weight is 212 g/mol. The summed E-state index contributed by atoms with van der Waals surface area (Å²) in [4.78, 5) is 15.4. The van der Waals surface area contributed by atoms with Crippen molar-refractivity contribution in [2.45, 2.75) is 39.3 Å². The lowest BCUT2D eigenvalue weighted by atomic mass is 10.1. The molecule has 0 aliphatic carbocycles. The number of nitrogens with zero attached hydrogens (tertiary/aromatic N) is 1. The van der Waals surface area contributed by atoms with Crippen molar-refractivity contribution in [3.8, 4) is 0 Å². The van der Waals surface area contributed by atoms with Crippen LogP contribution in [0.1, 0.15) is 38.5 Å². The highest BCUT2D eigenvalue weighted by Gasteiger charge is 2.26. The molecule has 1 aromatic heterocycles. The van der Waals surface area contributed by atoms with Gasteiger partial charge in [-0.3, -0.25) is 4.79 Å². The number of carbonyl (C=O) groups excluding carboxylic acids is 1. The fraction of sp³-hybridized carbons (Fsp3) is 0.600. The molecule has 1 amide bonds. The van der Waals surface area contributed by atoms with E-state index in [2.05, 4.69) is 10.3 Å². The molecule has 2 N–H and O–H groups in total. The molecule has 84 valence electrons. The summed E-state index contributed by atoms with van der Waals surface area (Å²) in [5.41, 5.74) is -1.39. The van der Waals surface area contributed by atoms with E-state index in [1.807, 2.05) is 0 Å². The van der Waals surface area contributed by atoms with Gasteiger partial charge in [0.05, 0.1) is 6.20 Å².